The number of hydrogen-bond donors (Lipinski definition) is 4. The summed E-state index contributed by atoms with van der Waals surface area (Å²) in [6.07, 6.45) is 15.2. The molecule has 1 spiro atoms. The molecule has 4 saturated heterocycles. The molecule has 15 nitrogen and oxygen atoms in total. The smallest absolute Gasteiger partial charge is 0.270 e. The average Bonchev–Trinajstić information content (AvgIpc) is 1.57. The van der Waals surface area contributed by atoms with Gasteiger partial charge in [0.15, 0.2) is 0 Å². The van der Waals surface area contributed by atoms with Gasteiger partial charge in [0.05, 0.1) is 31.9 Å². The van der Waals surface area contributed by atoms with E-state index in [9.17, 15) is 28.0 Å². The summed E-state index contributed by atoms with van der Waals surface area (Å²) in [5, 5.41) is 4.36. The highest BCUT2D eigenvalue weighted by Crippen LogP contribution is 2.54. The predicted octanol–water partition coefficient (Wildman–Crippen LogP) is 26.9. The van der Waals surface area contributed by atoms with Crippen LogP contribution in [0.25, 0.3) is 43.6 Å². The molecule has 3 saturated carbocycles. The normalized spacial score (nSPS) is 20.8. The Morgan fingerprint density at radius 2 is 0.798 bits per heavy atom. The molecule has 4 aliphatic heterocycles. The van der Waals surface area contributed by atoms with Crippen LogP contribution in [0.1, 0.15) is 325 Å². The number of para-hydroxylation sites is 1. The van der Waals surface area contributed by atoms with Crippen molar-refractivity contribution in [2.45, 2.75) is 311 Å². The second-order valence-corrected chi connectivity index (χ2v) is 33.2. The maximum Gasteiger partial charge on any atom is 0.270 e. The lowest BCUT2D eigenvalue weighted by Crippen LogP contribution is -2.56. The Kier molecular flexibility index (Phi) is 38.3. The topological polar surface area (TPSA) is 172 Å². The third-order valence-electron chi connectivity index (χ3n) is 23.7. The molecule has 8 aromatic rings. The number of H-pyrrole nitrogens is 4. The number of carbonyl (C=O) groups excluding carboxylic acids is 4. The number of benzene rings is 4. The van der Waals surface area contributed by atoms with Gasteiger partial charge in [0.1, 0.15) is 40.0 Å². The molecule has 0 radical (unpaired) electrons. The Bertz CT molecular complexity index is 4260. The van der Waals surface area contributed by atoms with Crippen molar-refractivity contribution in [1.82, 2.24) is 39.5 Å². The number of nitrogens with zero attached hydrogens (tertiary/aromatic N) is 4. The van der Waals surface area contributed by atoms with Gasteiger partial charge in [-0.05, 0) is 214 Å². The molecule has 4 unspecified atom stereocenters. The molecule has 4 aromatic heterocycles. The van der Waals surface area contributed by atoms with Crippen LogP contribution >= 0.6 is 11.6 Å². The first kappa shape index (κ1) is 98.8. The highest BCUT2D eigenvalue weighted by atomic mass is 35.5. The van der Waals surface area contributed by atoms with Crippen LogP contribution in [0.4, 0.5) is 8.78 Å². The van der Waals surface area contributed by atoms with Gasteiger partial charge in [-0.2, -0.15) is 0 Å². The van der Waals surface area contributed by atoms with E-state index in [-0.39, 0.29) is 69.5 Å². The van der Waals surface area contributed by atoms with Gasteiger partial charge in [-0.25, -0.2) is 8.78 Å². The number of nitrogens with one attached hydrogen (secondary N) is 4. The number of carbonyl (C=O) groups is 4. The lowest BCUT2D eigenvalue weighted by molar-refractivity contribution is -0.0647. The van der Waals surface area contributed by atoms with Crippen LogP contribution in [0, 0.1) is 34.5 Å². The van der Waals surface area contributed by atoms with E-state index in [0.29, 0.717) is 64.9 Å². The summed E-state index contributed by atoms with van der Waals surface area (Å²) in [5.41, 5.74) is 5.40. The van der Waals surface area contributed by atoms with Crippen molar-refractivity contribution in [3.05, 3.63) is 125 Å². The van der Waals surface area contributed by atoms with E-state index in [1.165, 1.54) is 51.4 Å². The molecule has 15 rings (SSSR count). The molecule has 4 aromatic carbocycles. The Morgan fingerprint density at radius 3 is 1.24 bits per heavy atom. The zero-order chi connectivity index (χ0) is 86.1. The van der Waals surface area contributed by atoms with Gasteiger partial charge in [-0.1, -0.05) is 199 Å². The lowest BCUT2D eigenvalue weighted by Gasteiger charge is -2.50. The monoisotopic (exact) mass is 1600 g/mol. The van der Waals surface area contributed by atoms with Gasteiger partial charge in [0.25, 0.3) is 23.6 Å². The quantitative estimate of drug-likeness (QED) is 0.123. The van der Waals surface area contributed by atoms with Gasteiger partial charge in [0.2, 0.25) is 5.92 Å². The van der Waals surface area contributed by atoms with E-state index in [1.807, 2.05) is 225 Å². The van der Waals surface area contributed by atoms with E-state index in [0.717, 1.165) is 112 Å². The highest BCUT2D eigenvalue weighted by Gasteiger charge is 2.55. The fourth-order valence-corrected chi connectivity index (χ4v) is 18.4. The summed E-state index contributed by atoms with van der Waals surface area (Å²) in [6.45, 7) is 56.9. The number of ether oxygens (including phenoxy) is 3. The first-order valence-electron chi connectivity index (χ1n) is 43.8. The third kappa shape index (κ3) is 23.0. The molecular formula is C96H151ClF2N8O7. The van der Waals surface area contributed by atoms with Crippen LogP contribution in [-0.2, 0) is 0 Å². The molecule has 18 heteroatoms. The van der Waals surface area contributed by atoms with Crippen LogP contribution in [0.3, 0.4) is 0 Å². The molecule has 8 heterocycles. The maximum absolute atomic E-state index is 13.6. The van der Waals surface area contributed by atoms with Gasteiger partial charge in [0, 0.05) is 99.3 Å². The van der Waals surface area contributed by atoms with Crippen molar-refractivity contribution in [3.63, 3.8) is 0 Å². The van der Waals surface area contributed by atoms with E-state index in [2.05, 4.69) is 85.1 Å². The SMILES string of the molecule is CC.CC.CC.CC.CC.CC.CC.CC.CC1(C)CC2(CCC(F)(F)CC2)CN1C(=O)c1cc2cccc(Cl)c2[nH]1.COc1cccc2[nH]c(C(=O)N3CC(C)(C)CCC3(C)C)cc12.COc1cccc2[nH]c(C(=O)N3CC4CCCCC4C3(C)C)cc12.COc1cccc2[nH]c(C(=O)N3CC4CCCCC4CC3(C)C)cc12. The Labute approximate surface area is 691 Å². The molecule has 7 fully saturated rings. The fourth-order valence-electron chi connectivity index (χ4n) is 18.1. The summed E-state index contributed by atoms with van der Waals surface area (Å²) < 4.78 is 43.5. The number of likely N-dealkylation sites (tertiary alicyclic amines) is 4. The lowest BCUT2D eigenvalue weighted by atomic mass is 9.69. The highest BCUT2D eigenvalue weighted by molar-refractivity contribution is 6.35. The molecule has 4 N–H and O–H groups in total. The first-order valence-corrected chi connectivity index (χ1v) is 44.1. The van der Waals surface area contributed by atoms with E-state index in [1.54, 1.807) is 27.4 Å². The number of alkyl halides is 2. The second kappa shape index (κ2) is 44.1. The largest absolute Gasteiger partial charge is 0.496 e. The summed E-state index contributed by atoms with van der Waals surface area (Å²) in [6, 6.07) is 30.7. The Hall–Kier alpha value is -7.53. The maximum atomic E-state index is 13.6. The second-order valence-electron chi connectivity index (χ2n) is 32.8. The molecule has 7 aliphatic rings. The van der Waals surface area contributed by atoms with Crippen molar-refractivity contribution in [1.29, 1.82) is 0 Å². The number of amides is 4. The minimum atomic E-state index is -2.55. The Balaban J connectivity index is 0.000000302. The van der Waals surface area contributed by atoms with E-state index >= 15 is 0 Å². The Morgan fingerprint density at radius 1 is 0.412 bits per heavy atom. The van der Waals surface area contributed by atoms with Gasteiger partial charge < -0.3 is 53.7 Å². The van der Waals surface area contributed by atoms with Crippen LogP contribution in [0.5, 0.6) is 17.2 Å². The average molecular weight is 1600 g/mol. The minimum absolute atomic E-state index is 0.0659. The summed E-state index contributed by atoms with van der Waals surface area (Å²) >= 11 is 6.21. The van der Waals surface area contributed by atoms with Crippen LogP contribution in [0.15, 0.2) is 97.1 Å². The number of aromatic amines is 4. The predicted molar refractivity (Wildman–Crippen MR) is 478 cm³/mol. The van der Waals surface area contributed by atoms with Crippen molar-refractivity contribution < 1.29 is 42.2 Å². The molecule has 4 amide bonds. The number of aromatic nitrogens is 4. The van der Waals surface area contributed by atoms with Crippen LogP contribution < -0.4 is 14.2 Å². The number of methoxy groups -OCH3 is 3. The minimum Gasteiger partial charge on any atom is -0.496 e. The fraction of sp³-hybridized carbons (Fsp3) is 0.625. The number of rotatable bonds is 7. The summed E-state index contributed by atoms with van der Waals surface area (Å²) in [7, 11) is 4.98. The first-order chi connectivity index (χ1) is 54.4. The van der Waals surface area contributed by atoms with E-state index < -0.39 is 5.92 Å². The van der Waals surface area contributed by atoms with Crippen molar-refractivity contribution in [3.8, 4) is 17.2 Å². The zero-order valence-electron chi connectivity index (χ0n) is 76.0. The van der Waals surface area contributed by atoms with Crippen molar-refractivity contribution in [2.75, 3.05) is 47.5 Å². The van der Waals surface area contributed by atoms with Gasteiger partial charge >= 0.3 is 0 Å². The zero-order valence-corrected chi connectivity index (χ0v) is 76.7. The van der Waals surface area contributed by atoms with Crippen LogP contribution in [-0.4, -0.2) is 139 Å². The van der Waals surface area contributed by atoms with Crippen molar-refractivity contribution in [2.24, 2.45) is 34.5 Å². The summed E-state index contributed by atoms with van der Waals surface area (Å²) in [4.78, 5) is 74.0. The van der Waals surface area contributed by atoms with E-state index in [4.69, 9.17) is 25.8 Å². The number of halogens is 3. The standard InChI is InChI=1S/C21H28N2O2.C20H23ClF2N2O.C20H26N2O2.C19H26N2O2.8C2H6/c1-21(2)12-14-7-4-5-8-15(14)13-23(21)20(24)18-11-16-17(22-18)9-6-10-19(16)25-3;1-18(2)11-19(6-8-20(22,23)9-7-19)12-25(18)17(26)15-10-13-4-3-5-14(21)16(13)24-15;1-20(2)15-8-5-4-7-13(15)12-22(20)19(23)17-11-14-16(21-17)9-6-10-18(14)24-3;1-18(2)9-10-19(3,4)21(12-18)17(22)15-11-13-14(20-15)7-6-8-16(13)23-5;8*1-2/h6,9-11,14-15,22H,4-5,7-8,12-13H2,1-3H3;3-5,10,24H,6-9,11-12H2,1-2H3;6,9-11,13,15,21H,4-5,7-8,12H2,1-3H3;6-8,11,20H,9-10,12H2,1-5H3;8*1-2H3. The molecule has 114 heavy (non-hydrogen) atoms. The number of fused-ring (bicyclic) bond motifs is 6. The molecule has 638 valence electrons. The van der Waals surface area contributed by atoms with Crippen molar-refractivity contribution >= 4 is 78.8 Å². The molecule has 4 atom stereocenters. The van der Waals surface area contributed by atoms with Gasteiger partial charge in [-0.3, -0.25) is 19.2 Å². The molecule has 0 bridgehead atoms. The van der Waals surface area contributed by atoms with Crippen LogP contribution in [0.2, 0.25) is 5.02 Å². The molecule has 3 aliphatic carbocycles. The summed E-state index contributed by atoms with van der Waals surface area (Å²) in [5.74, 6) is 2.82. The molecular weight excluding hydrogens is 1450 g/mol. The van der Waals surface area contributed by atoms with Gasteiger partial charge in [-0.15, -0.1) is 0 Å². The number of piperidine rings is 2. The third-order valence-corrected chi connectivity index (χ3v) is 24.1. The number of hydrogen-bond acceptors (Lipinski definition) is 7.